The molecule has 1 fully saturated rings. The lowest BCUT2D eigenvalue weighted by molar-refractivity contribution is -0.149. The van der Waals surface area contributed by atoms with E-state index in [9.17, 15) is 9.90 Å². The van der Waals surface area contributed by atoms with Crippen molar-refractivity contribution in [1.29, 1.82) is 0 Å². The zero-order valence-electron chi connectivity index (χ0n) is 9.74. The SMILES string of the molecule is CC(c1ccc(Br)cc1)C1(C(=O)O)CCNC1. The van der Waals surface area contributed by atoms with Gasteiger partial charge in [0.25, 0.3) is 0 Å². The summed E-state index contributed by atoms with van der Waals surface area (Å²) in [7, 11) is 0. The van der Waals surface area contributed by atoms with Gasteiger partial charge in [0, 0.05) is 11.0 Å². The summed E-state index contributed by atoms with van der Waals surface area (Å²) < 4.78 is 1.02. The van der Waals surface area contributed by atoms with E-state index in [-0.39, 0.29) is 5.92 Å². The molecule has 4 heteroatoms. The largest absolute Gasteiger partial charge is 0.481 e. The number of benzene rings is 1. The van der Waals surface area contributed by atoms with Crippen LogP contribution in [-0.2, 0) is 4.79 Å². The van der Waals surface area contributed by atoms with Gasteiger partial charge in [-0.05, 0) is 36.6 Å². The molecule has 0 saturated carbocycles. The van der Waals surface area contributed by atoms with E-state index in [1.807, 2.05) is 31.2 Å². The van der Waals surface area contributed by atoms with Gasteiger partial charge in [-0.2, -0.15) is 0 Å². The summed E-state index contributed by atoms with van der Waals surface area (Å²) >= 11 is 3.39. The van der Waals surface area contributed by atoms with Crippen molar-refractivity contribution in [1.82, 2.24) is 5.32 Å². The Balaban J connectivity index is 2.31. The van der Waals surface area contributed by atoms with Crippen LogP contribution < -0.4 is 5.32 Å². The van der Waals surface area contributed by atoms with E-state index < -0.39 is 11.4 Å². The van der Waals surface area contributed by atoms with E-state index in [1.54, 1.807) is 0 Å². The minimum absolute atomic E-state index is 0.0168. The first-order chi connectivity index (χ1) is 8.06. The van der Waals surface area contributed by atoms with Crippen molar-refractivity contribution in [3.05, 3.63) is 34.3 Å². The zero-order valence-corrected chi connectivity index (χ0v) is 11.3. The summed E-state index contributed by atoms with van der Waals surface area (Å²) in [6.07, 6.45) is 0.694. The van der Waals surface area contributed by atoms with Crippen LogP contribution in [0.1, 0.15) is 24.8 Å². The lowest BCUT2D eigenvalue weighted by Gasteiger charge is -2.30. The average Bonchev–Trinajstić information content (AvgIpc) is 2.79. The molecule has 2 unspecified atom stereocenters. The second-order valence-electron chi connectivity index (χ2n) is 4.66. The number of nitrogens with one attached hydrogen (secondary N) is 1. The van der Waals surface area contributed by atoms with Gasteiger partial charge in [0.05, 0.1) is 5.41 Å². The normalized spacial score (nSPS) is 25.8. The summed E-state index contributed by atoms with van der Waals surface area (Å²) in [5.74, 6) is -0.680. The summed E-state index contributed by atoms with van der Waals surface area (Å²) in [4.78, 5) is 11.6. The zero-order chi connectivity index (χ0) is 12.5. The maximum atomic E-state index is 11.6. The molecular weight excluding hydrogens is 282 g/mol. The standard InChI is InChI=1S/C13H16BrNO2/c1-9(10-2-4-11(14)5-3-10)13(12(16)17)6-7-15-8-13/h2-5,9,15H,6-8H2,1H3,(H,16,17). The van der Waals surface area contributed by atoms with Crippen molar-refractivity contribution in [3.63, 3.8) is 0 Å². The molecular formula is C13H16BrNO2. The van der Waals surface area contributed by atoms with E-state index in [0.717, 1.165) is 16.6 Å². The first kappa shape index (κ1) is 12.6. The van der Waals surface area contributed by atoms with E-state index in [4.69, 9.17) is 0 Å². The number of carboxylic acids is 1. The van der Waals surface area contributed by atoms with Crippen molar-refractivity contribution >= 4 is 21.9 Å². The summed E-state index contributed by atoms with van der Waals surface area (Å²) in [5.41, 5.74) is 0.424. The molecule has 1 aromatic carbocycles. The lowest BCUT2D eigenvalue weighted by Crippen LogP contribution is -2.38. The summed E-state index contributed by atoms with van der Waals surface area (Å²) in [6, 6.07) is 7.92. The van der Waals surface area contributed by atoms with Gasteiger partial charge in [-0.25, -0.2) is 0 Å². The van der Waals surface area contributed by atoms with Gasteiger partial charge in [-0.15, -0.1) is 0 Å². The minimum atomic E-state index is -0.696. The molecule has 1 saturated heterocycles. The third kappa shape index (κ3) is 2.24. The van der Waals surface area contributed by atoms with Crippen LogP contribution in [0.5, 0.6) is 0 Å². The molecule has 0 aromatic heterocycles. The van der Waals surface area contributed by atoms with Crippen LogP contribution >= 0.6 is 15.9 Å². The highest BCUT2D eigenvalue weighted by Crippen LogP contribution is 2.41. The van der Waals surface area contributed by atoms with Gasteiger partial charge < -0.3 is 10.4 Å². The maximum Gasteiger partial charge on any atom is 0.311 e. The molecule has 1 aliphatic heterocycles. The monoisotopic (exact) mass is 297 g/mol. The Kier molecular flexibility index (Phi) is 3.54. The number of halogens is 1. The van der Waals surface area contributed by atoms with Crippen molar-refractivity contribution in [2.75, 3.05) is 13.1 Å². The molecule has 1 aromatic rings. The number of carbonyl (C=O) groups is 1. The second kappa shape index (κ2) is 4.78. The third-order valence-electron chi connectivity index (χ3n) is 3.81. The summed E-state index contributed by atoms with van der Waals surface area (Å²) in [6.45, 7) is 3.34. The van der Waals surface area contributed by atoms with Crippen LogP contribution in [0.4, 0.5) is 0 Å². The van der Waals surface area contributed by atoms with E-state index >= 15 is 0 Å². The van der Waals surface area contributed by atoms with Crippen LogP contribution in [0, 0.1) is 5.41 Å². The number of hydrogen-bond donors (Lipinski definition) is 2. The molecule has 3 nitrogen and oxygen atoms in total. The highest BCUT2D eigenvalue weighted by atomic mass is 79.9. The Morgan fingerprint density at radius 3 is 2.59 bits per heavy atom. The average molecular weight is 298 g/mol. The summed E-state index contributed by atoms with van der Waals surface area (Å²) in [5, 5.41) is 12.7. The van der Waals surface area contributed by atoms with Crippen molar-refractivity contribution < 1.29 is 9.90 Å². The molecule has 1 heterocycles. The number of aliphatic carboxylic acids is 1. The molecule has 17 heavy (non-hydrogen) atoms. The van der Waals surface area contributed by atoms with Crippen molar-refractivity contribution in [2.45, 2.75) is 19.3 Å². The van der Waals surface area contributed by atoms with Crippen LogP contribution in [0.25, 0.3) is 0 Å². The molecule has 0 spiro atoms. The van der Waals surface area contributed by atoms with E-state index in [1.165, 1.54) is 0 Å². The fraction of sp³-hybridized carbons (Fsp3) is 0.462. The number of hydrogen-bond acceptors (Lipinski definition) is 2. The molecule has 2 atom stereocenters. The van der Waals surface area contributed by atoms with Gasteiger partial charge in [0.2, 0.25) is 0 Å². The predicted octanol–water partition coefficient (Wildman–Crippen LogP) is 2.62. The number of rotatable bonds is 3. The molecule has 1 aliphatic rings. The Labute approximate surface area is 109 Å². The topological polar surface area (TPSA) is 49.3 Å². The van der Waals surface area contributed by atoms with Gasteiger partial charge >= 0.3 is 5.97 Å². The van der Waals surface area contributed by atoms with E-state index in [0.29, 0.717) is 13.0 Å². The van der Waals surface area contributed by atoms with E-state index in [2.05, 4.69) is 21.2 Å². The molecule has 2 N–H and O–H groups in total. The molecule has 0 radical (unpaired) electrons. The third-order valence-corrected chi connectivity index (χ3v) is 4.34. The smallest absolute Gasteiger partial charge is 0.311 e. The Morgan fingerprint density at radius 2 is 2.12 bits per heavy atom. The van der Waals surface area contributed by atoms with Gasteiger partial charge in [-0.3, -0.25) is 4.79 Å². The quantitative estimate of drug-likeness (QED) is 0.902. The van der Waals surface area contributed by atoms with Gasteiger partial charge in [-0.1, -0.05) is 35.0 Å². The first-order valence-corrected chi connectivity index (χ1v) is 6.55. The van der Waals surface area contributed by atoms with Crippen LogP contribution in [-0.4, -0.2) is 24.2 Å². The van der Waals surface area contributed by atoms with Crippen LogP contribution in [0.2, 0.25) is 0 Å². The Morgan fingerprint density at radius 1 is 1.47 bits per heavy atom. The maximum absolute atomic E-state index is 11.6. The molecule has 0 amide bonds. The second-order valence-corrected chi connectivity index (χ2v) is 5.58. The molecule has 0 aliphatic carbocycles. The van der Waals surface area contributed by atoms with Gasteiger partial charge in [0.15, 0.2) is 0 Å². The molecule has 2 rings (SSSR count). The van der Waals surface area contributed by atoms with Crippen LogP contribution in [0.15, 0.2) is 28.7 Å². The predicted molar refractivity (Wildman–Crippen MR) is 70.1 cm³/mol. The fourth-order valence-corrected chi connectivity index (χ4v) is 2.78. The molecule has 0 bridgehead atoms. The van der Waals surface area contributed by atoms with Crippen LogP contribution in [0.3, 0.4) is 0 Å². The highest BCUT2D eigenvalue weighted by molar-refractivity contribution is 9.10. The Hall–Kier alpha value is -0.870. The highest BCUT2D eigenvalue weighted by Gasteiger charge is 2.46. The van der Waals surface area contributed by atoms with Gasteiger partial charge in [0.1, 0.15) is 0 Å². The van der Waals surface area contributed by atoms with Crippen molar-refractivity contribution in [2.24, 2.45) is 5.41 Å². The Bertz CT molecular complexity index is 410. The number of carboxylic acid groups (broad SMARTS) is 1. The lowest BCUT2D eigenvalue weighted by atomic mass is 9.72. The molecule has 92 valence electrons. The first-order valence-electron chi connectivity index (χ1n) is 5.76. The minimum Gasteiger partial charge on any atom is -0.481 e. The fourth-order valence-electron chi connectivity index (χ4n) is 2.52. The van der Waals surface area contributed by atoms with Crippen molar-refractivity contribution in [3.8, 4) is 0 Å².